The lowest BCUT2D eigenvalue weighted by molar-refractivity contribution is -0.116. The Balaban J connectivity index is 1.99. The van der Waals surface area contributed by atoms with Crippen molar-refractivity contribution in [3.63, 3.8) is 0 Å². The molecular weight excluding hydrogens is 422 g/mol. The minimum atomic E-state index is -2.71. The topological polar surface area (TPSA) is 122 Å². The molecule has 2 N–H and O–H groups in total. The molecule has 2 aromatic heterocycles. The van der Waals surface area contributed by atoms with Gasteiger partial charge in [-0.3, -0.25) is 19.5 Å². The maximum Gasteiger partial charge on any atom is 0.273 e. The van der Waals surface area contributed by atoms with Crippen LogP contribution in [0.3, 0.4) is 0 Å². The molecule has 31 heavy (non-hydrogen) atoms. The summed E-state index contributed by atoms with van der Waals surface area (Å²) in [6.07, 6.45) is 2.95. The number of nitrogens with one attached hydrogen (secondary N) is 2. The quantitative estimate of drug-likeness (QED) is 0.595. The number of carbonyl (C=O) groups is 2. The van der Waals surface area contributed by atoms with Crippen LogP contribution in [0.15, 0.2) is 36.7 Å². The van der Waals surface area contributed by atoms with E-state index in [0.29, 0.717) is 28.5 Å². The molecule has 0 spiro atoms. The van der Waals surface area contributed by atoms with E-state index in [4.69, 9.17) is 20.5 Å². The van der Waals surface area contributed by atoms with E-state index in [1.807, 2.05) is 5.32 Å². The summed E-state index contributed by atoms with van der Waals surface area (Å²) >= 11 is 5.95. The van der Waals surface area contributed by atoms with Crippen LogP contribution in [0.5, 0.6) is 5.75 Å². The lowest BCUT2D eigenvalue weighted by Crippen LogP contribution is -2.23. The van der Waals surface area contributed by atoms with Crippen LogP contribution in [0.1, 0.15) is 21.5 Å². The normalized spacial score (nSPS) is 12.2. The predicted molar refractivity (Wildman–Crippen MR) is 117 cm³/mol. The minimum absolute atomic E-state index is 0.0147. The monoisotopic (exact) mass is 444 g/mol. The van der Waals surface area contributed by atoms with Crippen LogP contribution in [0, 0.1) is 0 Å². The molecule has 2 heterocycles. The number of anilines is 3. The molecule has 3 rings (SSSR count). The number of amides is 2. The highest BCUT2D eigenvalue weighted by molar-refractivity contribution is 6.29. The van der Waals surface area contributed by atoms with E-state index in [0.717, 1.165) is 0 Å². The van der Waals surface area contributed by atoms with E-state index in [-0.39, 0.29) is 22.4 Å². The molecule has 0 saturated heterocycles. The van der Waals surface area contributed by atoms with Crippen LogP contribution in [0.4, 0.5) is 17.2 Å². The van der Waals surface area contributed by atoms with Crippen LogP contribution in [-0.4, -0.2) is 53.1 Å². The number of carbonyl (C=O) groups excluding carboxylic acids is 2. The van der Waals surface area contributed by atoms with Crippen molar-refractivity contribution in [2.24, 2.45) is 0 Å². The minimum Gasteiger partial charge on any atom is -0.494 e. The van der Waals surface area contributed by atoms with Crippen molar-refractivity contribution in [1.82, 2.24) is 25.5 Å². The van der Waals surface area contributed by atoms with E-state index in [1.165, 1.54) is 37.4 Å². The fourth-order valence-corrected chi connectivity index (χ4v) is 2.83. The number of hydrogen-bond acceptors (Lipinski definition) is 8. The van der Waals surface area contributed by atoms with Crippen LogP contribution in [0.25, 0.3) is 11.3 Å². The maximum absolute atomic E-state index is 12.4. The number of ether oxygens (including phenoxy) is 1. The van der Waals surface area contributed by atoms with Gasteiger partial charge < -0.3 is 15.4 Å². The van der Waals surface area contributed by atoms with Crippen LogP contribution in [-0.2, 0) is 4.79 Å². The second-order valence-electron chi connectivity index (χ2n) is 6.23. The first-order valence-electron chi connectivity index (χ1n) is 10.4. The van der Waals surface area contributed by atoms with E-state index in [9.17, 15) is 9.59 Å². The molecular formula is C20H20ClN7O3. The first kappa shape index (κ1) is 18.0. The zero-order valence-electron chi connectivity index (χ0n) is 19.8. The number of methoxy groups -OCH3 is 1. The standard InChI is InChI=1S/C20H20ClN7O3/c1-11(29)28(3)17-10-23-15(9-24-17)12-6-5-7-13(19(12)31-4)25-14-8-16(21)26-27-18(14)20(30)22-2/h5-10H,1-4H3,(H,22,30)(H,25,26)/i2D3. The van der Waals surface area contributed by atoms with Crippen molar-refractivity contribution < 1.29 is 18.4 Å². The molecule has 11 heteroatoms. The summed E-state index contributed by atoms with van der Waals surface area (Å²) in [5, 5.41) is 12.2. The van der Waals surface area contributed by atoms with Gasteiger partial charge in [-0.05, 0) is 12.1 Å². The van der Waals surface area contributed by atoms with Gasteiger partial charge in [0.25, 0.3) is 5.91 Å². The van der Waals surface area contributed by atoms with Gasteiger partial charge in [-0.1, -0.05) is 17.7 Å². The first-order chi connectivity index (χ1) is 16.0. The molecule has 0 bridgehead atoms. The van der Waals surface area contributed by atoms with Gasteiger partial charge in [-0.25, -0.2) is 4.98 Å². The van der Waals surface area contributed by atoms with Gasteiger partial charge in [-0.2, -0.15) is 0 Å². The molecule has 10 nitrogen and oxygen atoms in total. The largest absolute Gasteiger partial charge is 0.494 e. The summed E-state index contributed by atoms with van der Waals surface area (Å²) in [6, 6.07) is 6.48. The predicted octanol–water partition coefficient (Wildman–Crippen LogP) is 2.68. The molecule has 2 amide bonds. The Morgan fingerprint density at radius 2 is 2.00 bits per heavy atom. The van der Waals surface area contributed by atoms with E-state index < -0.39 is 12.9 Å². The average molecular weight is 445 g/mol. The number of nitrogens with zero attached hydrogens (tertiary/aromatic N) is 5. The number of rotatable bonds is 6. The SMILES string of the molecule is [2H]C([2H])([2H])NC(=O)c1nnc(Cl)cc1Nc1cccc(-c2cnc(N(C)C(C)=O)cn2)c1OC. The zero-order valence-corrected chi connectivity index (χ0v) is 17.6. The summed E-state index contributed by atoms with van der Waals surface area (Å²) in [5.74, 6) is -0.405. The van der Waals surface area contributed by atoms with Crippen LogP contribution < -0.4 is 20.3 Å². The van der Waals surface area contributed by atoms with E-state index in [2.05, 4.69) is 25.5 Å². The average Bonchev–Trinajstić information content (AvgIpc) is 2.77. The third-order valence-electron chi connectivity index (χ3n) is 4.31. The number of hydrogen-bond donors (Lipinski definition) is 2. The fraction of sp³-hybridized carbons (Fsp3) is 0.200. The van der Waals surface area contributed by atoms with Crippen LogP contribution in [0.2, 0.25) is 5.15 Å². The molecule has 3 aromatic rings. The Kier molecular flexibility index (Phi) is 5.43. The van der Waals surface area contributed by atoms with Gasteiger partial charge in [0.15, 0.2) is 22.4 Å². The molecule has 0 aliphatic heterocycles. The van der Waals surface area contributed by atoms with Crippen molar-refractivity contribution in [2.75, 3.05) is 31.3 Å². The van der Waals surface area contributed by atoms with E-state index in [1.54, 1.807) is 25.2 Å². The number of para-hydroxylation sites is 1. The zero-order chi connectivity index (χ0) is 25.0. The molecule has 0 aliphatic rings. The highest BCUT2D eigenvalue weighted by Crippen LogP contribution is 2.37. The molecule has 0 aliphatic carbocycles. The molecule has 0 unspecified atom stereocenters. The van der Waals surface area contributed by atoms with E-state index >= 15 is 0 Å². The van der Waals surface area contributed by atoms with Crippen molar-refractivity contribution in [3.05, 3.63) is 47.5 Å². The Bertz CT molecular complexity index is 1220. The third kappa shape index (κ3) is 4.69. The second kappa shape index (κ2) is 9.35. The first-order valence-corrected chi connectivity index (χ1v) is 9.24. The molecule has 1 aromatic carbocycles. The Hall–Kier alpha value is -3.79. The van der Waals surface area contributed by atoms with Crippen LogP contribution >= 0.6 is 11.6 Å². The summed E-state index contributed by atoms with van der Waals surface area (Å²) in [6.45, 7) is -1.30. The van der Waals surface area contributed by atoms with Crippen molar-refractivity contribution >= 4 is 40.6 Å². The fourth-order valence-electron chi connectivity index (χ4n) is 2.69. The Labute approximate surface area is 187 Å². The van der Waals surface area contributed by atoms with Gasteiger partial charge in [0.05, 0.1) is 36.6 Å². The Morgan fingerprint density at radius 3 is 2.65 bits per heavy atom. The molecule has 0 atom stereocenters. The van der Waals surface area contributed by atoms with Gasteiger partial charge in [0.2, 0.25) is 5.91 Å². The smallest absolute Gasteiger partial charge is 0.273 e. The summed E-state index contributed by atoms with van der Waals surface area (Å²) in [7, 11) is 3.04. The molecule has 0 saturated carbocycles. The number of aromatic nitrogens is 4. The second-order valence-corrected chi connectivity index (χ2v) is 6.62. The van der Waals surface area contributed by atoms with Crippen molar-refractivity contribution in [2.45, 2.75) is 6.92 Å². The maximum atomic E-state index is 12.4. The Morgan fingerprint density at radius 1 is 1.19 bits per heavy atom. The van der Waals surface area contributed by atoms with Gasteiger partial charge in [0, 0.05) is 36.7 Å². The summed E-state index contributed by atoms with van der Waals surface area (Å²) in [5.41, 5.74) is 1.29. The molecule has 0 fully saturated rings. The lowest BCUT2D eigenvalue weighted by atomic mass is 10.1. The lowest BCUT2D eigenvalue weighted by Gasteiger charge is -2.17. The molecule has 0 radical (unpaired) electrons. The van der Waals surface area contributed by atoms with Crippen molar-refractivity contribution in [1.29, 1.82) is 0 Å². The number of halogens is 1. The van der Waals surface area contributed by atoms with Gasteiger partial charge >= 0.3 is 0 Å². The number of benzene rings is 1. The highest BCUT2D eigenvalue weighted by Gasteiger charge is 2.18. The molecule has 160 valence electrons. The van der Waals surface area contributed by atoms with Gasteiger partial charge in [0.1, 0.15) is 0 Å². The highest BCUT2D eigenvalue weighted by atomic mass is 35.5. The third-order valence-corrected chi connectivity index (χ3v) is 4.50. The summed E-state index contributed by atoms with van der Waals surface area (Å²) in [4.78, 5) is 34.0. The van der Waals surface area contributed by atoms with Gasteiger partial charge in [-0.15, -0.1) is 10.2 Å². The van der Waals surface area contributed by atoms with Crippen molar-refractivity contribution in [3.8, 4) is 17.0 Å². The summed E-state index contributed by atoms with van der Waals surface area (Å²) < 4.78 is 27.3.